The molecule has 3 rings (SSSR count). The number of nitrogens with two attached hydrogens (primary N) is 1. The van der Waals surface area contributed by atoms with Gasteiger partial charge in [-0.25, -0.2) is 0 Å². The molecular formula is C17H14BrN3O2. The van der Waals surface area contributed by atoms with Crippen molar-refractivity contribution in [3.63, 3.8) is 0 Å². The lowest BCUT2D eigenvalue weighted by molar-refractivity contribution is -0.114. The second-order valence-corrected chi connectivity index (χ2v) is 5.81. The summed E-state index contributed by atoms with van der Waals surface area (Å²) in [6, 6.07) is 12.9. The van der Waals surface area contributed by atoms with Gasteiger partial charge in [-0.05, 0) is 40.2 Å². The van der Waals surface area contributed by atoms with E-state index in [2.05, 4.69) is 26.2 Å². The van der Waals surface area contributed by atoms with E-state index in [4.69, 9.17) is 10.5 Å². The highest BCUT2D eigenvalue weighted by Gasteiger charge is 2.13. The zero-order valence-corrected chi connectivity index (χ0v) is 13.9. The molecule has 0 spiro atoms. The number of anilines is 2. The van der Waals surface area contributed by atoms with Crippen LogP contribution in [0.1, 0.15) is 6.92 Å². The number of benzene rings is 2. The van der Waals surface area contributed by atoms with E-state index in [0.29, 0.717) is 22.9 Å². The number of hydrogen-bond donors (Lipinski definition) is 2. The largest absolute Gasteiger partial charge is 0.452 e. The minimum Gasteiger partial charge on any atom is -0.452 e. The number of carbonyl (C=O) groups is 1. The molecule has 0 aliphatic rings. The molecule has 0 aliphatic carbocycles. The highest BCUT2D eigenvalue weighted by atomic mass is 79.9. The molecule has 1 amide bonds. The van der Waals surface area contributed by atoms with E-state index < -0.39 is 0 Å². The molecule has 0 saturated heterocycles. The standard InChI is InChI=1S/C17H14BrN3O2/c1-10(22)21-13-5-2-6-14(15(13)19)23-17-12(18)8-7-11-4-3-9-20-16(11)17/h2-9H,19H2,1H3,(H,21,22). The van der Waals surface area contributed by atoms with E-state index in [1.165, 1.54) is 6.92 Å². The second-order valence-electron chi connectivity index (χ2n) is 4.95. The first-order valence-electron chi connectivity index (χ1n) is 6.93. The maximum Gasteiger partial charge on any atom is 0.221 e. The number of halogens is 1. The number of ether oxygens (including phenoxy) is 1. The van der Waals surface area contributed by atoms with Gasteiger partial charge in [0.1, 0.15) is 5.52 Å². The fourth-order valence-corrected chi connectivity index (χ4v) is 2.63. The van der Waals surface area contributed by atoms with Gasteiger partial charge in [0, 0.05) is 18.5 Å². The van der Waals surface area contributed by atoms with Crippen molar-refractivity contribution in [2.75, 3.05) is 11.1 Å². The lowest BCUT2D eigenvalue weighted by Crippen LogP contribution is -2.08. The van der Waals surface area contributed by atoms with Gasteiger partial charge in [-0.2, -0.15) is 0 Å². The summed E-state index contributed by atoms with van der Waals surface area (Å²) in [5.74, 6) is 0.840. The normalized spacial score (nSPS) is 10.5. The number of para-hydroxylation sites is 1. The Morgan fingerprint density at radius 2 is 2.04 bits per heavy atom. The lowest BCUT2D eigenvalue weighted by atomic mass is 10.2. The molecule has 23 heavy (non-hydrogen) atoms. The molecule has 1 heterocycles. The smallest absolute Gasteiger partial charge is 0.221 e. The molecule has 3 aromatic rings. The van der Waals surface area contributed by atoms with Crippen molar-refractivity contribution >= 4 is 44.1 Å². The van der Waals surface area contributed by atoms with Crippen LogP contribution in [0.3, 0.4) is 0 Å². The summed E-state index contributed by atoms with van der Waals surface area (Å²) < 4.78 is 6.76. The quantitative estimate of drug-likeness (QED) is 0.671. The average molecular weight is 372 g/mol. The van der Waals surface area contributed by atoms with Crippen LogP contribution in [0.4, 0.5) is 11.4 Å². The van der Waals surface area contributed by atoms with E-state index in [1.54, 1.807) is 24.4 Å². The van der Waals surface area contributed by atoms with Crippen molar-refractivity contribution in [3.8, 4) is 11.5 Å². The first-order chi connectivity index (χ1) is 11.1. The molecule has 0 bridgehead atoms. The zero-order valence-electron chi connectivity index (χ0n) is 12.3. The van der Waals surface area contributed by atoms with Crippen LogP contribution in [-0.2, 0) is 4.79 Å². The Hall–Kier alpha value is -2.60. The van der Waals surface area contributed by atoms with Crippen LogP contribution < -0.4 is 15.8 Å². The van der Waals surface area contributed by atoms with Crippen LogP contribution in [0.5, 0.6) is 11.5 Å². The number of rotatable bonds is 3. The minimum absolute atomic E-state index is 0.193. The highest BCUT2D eigenvalue weighted by Crippen LogP contribution is 2.39. The predicted octanol–water partition coefficient (Wildman–Crippen LogP) is 4.33. The molecule has 5 nitrogen and oxygen atoms in total. The van der Waals surface area contributed by atoms with Gasteiger partial charge in [-0.1, -0.05) is 18.2 Å². The van der Waals surface area contributed by atoms with Crippen molar-refractivity contribution in [1.29, 1.82) is 0 Å². The summed E-state index contributed by atoms with van der Waals surface area (Å²) in [6.07, 6.45) is 1.71. The summed E-state index contributed by atoms with van der Waals surface area (Å²) in [4.78, 5) is 15.6. The Balaban J connectivity index is 2.06. The lowest BCUT2D eigenvalue weighted by Gasteiger charge is -2.14. The monoisotopic (exact) mass is 371 g/mol. The summed E-state index contributed by atoms with van der Waals surface area (Å²) in [5.41, 5.74) is 7.70. The van der Waals surface area contributed by atoms with Crippen LogP contribution >= 0.6 is 15.9 Å². The van der Waals surface area contributed by atoms with Crippen LogP contribution in [-0.4, -0.2) is 10.9 Å². The van der Waals surface area contributed by atoms with E-state index in [1.807, 2.05) is 24.3 Å². The molecule has 0 atom stereocenters. The third kappa shape index (κ3) is 3.12. The molecule has 6 heteroatoms. The van der Waals surface area contributed by atoms with Crippen molar-refractivity contribution in [2.45, 2.75) is 6.92 Å². The van der Waals surface area contributed by atoms with Crippen molar-refractivity contribution in [1.82, 2.24) is 4.98 Å². The topological polar surface area (TPSA) is 77.2 Å². The van der Waals surface area contributed by atoms with Crippen molar-refractivity contribution in [3.05, 3.63) is 53.1 Å². The number of fused-ring (bicyclic) bond motifs is 1. The number of hydrogen-bond acceptors (Lipinski definition) is 4. The first-order valence-corrected chi connectivity index (χ1v) is 7.72. The summed E-state index contributed by atoms with van der Waals surface area (Å²) in [7, 11) is 0. The van der Waals surface area contributed by atoms with Crippen LogP contribution in [0.25, 0.3) is 10.9 Å². The molecule has 0 aliphatic heterocycles. The number of aromatic nitrogens is 1. The van der Waals surface area contributed by atoms with E-state index in [-0.39, 0.29) is 5.91 Å². The summed E-state index contributed by atoms with van der Waals surface area (Å²) in [6.45, 7) is 1.43. The number of nitrogens with zero attached hydrogens (tertiary/aromatic N) is 1. The first kappa shape index (κ1) is 15.3. The maximum absolute atomic E-state index is 11.2. The van der Waals surface area contributed by atoms with Gasteiger partial charge in [-0.3, -0.25) is 9.78 Å². The highest BCUT2D eigenvalue weighted by molar-refractivity contribution is 9.10. The molecule has 0 fully saturated rings. The minimum atomic E-state index is -0.193. The van der Waals surface area contributed by atoms with Gasteiger partial charge < -0.3 is 15.8 Å². The maximum atomic E-state index is 11.2. The molecule has 0 radical (unpaired) electrons. The van der Waals surface area contributed by atoms with Gasteiger partial charge in [0.2, 0.25) is 5.91 Å². The van der Waals surface area contributed by atoms with Crippen molar-refractivity contribution < 1.29 is 9.53 Å². The van der Waals surface area contributed by atoms with E-state index in [9.17, 15) is 4.79 Å². The Bertz CT molecular complexity index is 896. The molecule has 0 saturated carbocycles. The average Bonchev–Trinajstić information content (AvgIpc) is 2.53. The van der Waals surface area contributed by atoms with Crippen LogP contribution in [0.15, 0.2) is 53.1 Å². The molecule has 0 unspecified atom stereocenters. The number of carbonyl (C=O) groups excluding carboxylic acids is 1. The second kappa shape index (κ2) is 6.26. The van der Waals surface area contributed by atoms with Gasteiger partial charge in [0.15, 0.2) is 11.5 Å². The Morgan fingerprint density at radius 1 is 1.22 bits per heavy atom. The summed E-state index contributed by atoms with van der Waals surface area (Å²) in [5, 5.41) is 3.64. The van der Waals surface area contributed by atoms with E-state index >= 15 is 0 Å². The fourth-order valence-electron chi connectivity index (χ4n) is 2.23. The Morgan fingerprint density at radius 3 is 2.83 bits per heavy atom. The van der Waals surface area contributed by atoms with Crippen LogP contribution in [0, 0.1) is 0 Å². The number of nitrogen functional groups attached to an aromatic ring is 1. The van der Waals surface area contributed by atoms with Crippen molar-refractivity contribution in [2.24, 2.45) is 0 Å². The van der Waals surface area contributed by atoms with Gasteiger partial charge in [0.25, 0.3) is 0 Å². The van der Waals surface area contributed by atoms with Crippen LogP contribution in [0.2, 0.25) is 0 Å². The molecule has 116 valence electrons. The van der Waals surface area contributed by atoms with E-state index in [0.717, 1.165) is 15.4 Å². The molecule has 2 aromatic carbocycles. The number of amides is 1. The van der Waals surface area contributed by atoms with Gasteiger partial charge in [-0.15, -0.1) is 0 Å². The zero-order chi connectivity index (χ0) is 16.4. The molecular weight excluding hydrogens is 358 g/mol. The van der Waals surface area contributed by atoms with Gasteiger partial charge in [0.05, 0.1) is 15.8 Å². The fraction of sp³-hybridized carbons (Fsp3) is 0.0588. The Labute approximate surface area is 141 Å². The molecule has 1 aromatic heterocycles. The Kier molecular flexibility index (Phi) is 4.16. The summed E-state index contributed by atoms with van der Waals surface area (Å²) >= 11 is 3.48. The third-order valence-electron chi connectivity index (χ3n) is 3.27. The van der Waals surface area contributed by atoms with Gasteiger partial charge >= 0.3 is 0 Å². The third-order valence-corrected chi connectivity index (χ3v) is 3.89. The predicted molar refractivity (Wildman–Crippen MR) is 94.7 cm³/mol. The molecule has 3 N–H and O–H groups in total. The number of nitrogens with one attached hydrogen (secondary N) is 1. The number of pyridine rings is 1. The SMILES string of the molecule is CC(=O)Nc1cccc(Oc2c(Br)ccc3cccnc23)c1N.